The third-order valence-electron chi connectivity index (χ3n) is 7.29. The predicted octanol–water partition coefficient (Wildman–Crippen LogP) is 5.08. The lowest BCUT2D eigenvalue weighted by atomic mass is 9.37. The van der Waals surface area contributed by atoms with Crippen molar-refractivity contribution in [2.45, 2.75) is 58.9 Å². The molecule has 1 aromatic heterocycles. The van der Waals surface area contributed by atoms with Crippen LogP contribution < -0.4 is 20.4 Å². The quantitative estimate of drug-likeness (QED) is 0.432. The number of hydrogen-bond acceptors (Lipinski definition) is 1. The third kappa shape index (κ3) is 3.22. The second-order valence-electron chi connectivity index (χ2n) is 9.54. The molecule has 31 heavy (non-hydrogen) atoms. The van der Waals surface area contributed by atoms with Gasteiger partial charge in [-0.3, -0.25) is 0 Å². The van der Waals surface area contributed by atoms with Crippen molar-refractivity contribution in [2.24, 2.45) is 0 Å². The van der Waals surface area contributed by atoms with Crippen molar-refractivity contribution in [3.8, 4) is 0 Å². The predicted molar refractivity (Wildman–Crippen MR) is 132 cm³/mol. The number of benzene rings is 2. The Morgan fingerprint density at radius 1 is 0.968 bits per heavy atom. The number of nitrogens with zero attached hydrogens (tertiary/aromatic N) is 2. The van der Waals surface area contributed by atoms with E-state index in [1.807, 2.05) is 0 Å². The average molecular weight is 407 g/mol. The molecule has 0 N–H and O–H groups in total. The minimum absolute atomic E-state index is 0.104. The summed E-state index contributed by atoms with van der Waals surface area (Å²) in [6.45, 7) is 9.55. The first-order valence-electron chi connectivity index (χ1n) is 11.7. The molecule has 1 unspecified atom stereocenters. The highest BCUT2D eigenvalue weighted by atomic mass is 15.3. The van der Waals surface area contributed by atoms with Crippen LogP contribution in [0.25, 0.3) is 0 Å². The molecule has 3 heteroatoms. The Kier molecular flexibility index (Phi) is 5.00. The summed E-state index contributed by atoms with van der Waals surface area (Å²) in [5.74, 6) is 3.84. The first-order valence-corrected chi connectivity index (χ1v) is 11.7. The van der Waals surface area contributed by atoms with Crippen LogP contribution in [0.4, 0.5) is 11.5 Å². The molecule has 0 radical (unpaired) electrons. The SMILES string of the molecule is CCCCC1(C)CC2=CB(c3c(C)cccc3C)c3ccccc3N2c2cccc[n+]21. The van der Waals surface area contributed by atoms with E-state index in [0.717, 1.165) is 6.42 Å². The van der Waals surface area contributed by atoms with Gasteiger partial charge in [-0.25, -0.2) is 4.57 Å². The van der Waals surface area contributed by atoms with Gasteiger partial charge >= 0.3 is 0 Å². The van der Waals surface area contributed by atoms with E-state index in [1.54, 1.807) is 0 Å². The summed E-state index contributed by atoms with van der Waals surface area (Å²) >= 11 is 0. The van der Waals surface area contributed by atoms with Gasteiger partial charge < -0.3 is 0 Å². The number of aryl methyl sites for hydroxylation is 2. The Hall–Kier alpha value is -2.81. The first-order chi connectivity index (χ1) is 15.0. The van der Waals surface area contributed by atoms with Gasteiger partial charge in [-0.15, -0.1) is 0 Å². The maximum Gasteiger partial charge on any atom is 0.286 e. The standard InChI is InChI=1S/C28H32BN2/c1-5-6-17-28(4)19-23-20-29(27-21(2)12-11-13-22(27)3)24-14-7-8-15-25(24)31(23)26-16-9-10-18-30(26)28/h7-16,18,20H,5-6,17,19H2,1-4H3/q+1. The molecule has 0 saturated heterocycles. The van der Waals surface area contributed by atoms with Gasteiger partial charge in [-0.1, -0.05) is 78.4 Å². The zero-order valence-corrected chi connectivity index (χ0v) is 19.2. The second-order valence-corrected chi connectivity index (χ2v) is 9.54. The molecule has 0 fully saturated rings. The van der Waals surface area contributed by atoms with E-state index in [-0.39, 0.29) is 5.54 Å². The van der Waals surface area contributed by atoms with Crippen molar-refractivity contribution in [2.75, 3.05) is 4.90 Å². The van der Waals surface area contributed by atoms with Crippen LogP contribution in [0.1, 0.15) is 50.7 Å². The maximum atomic E-state index is 2.55. The topological polar surface area (TPSA) is 7.12 Å². The van der Waals surface area contributed by atoms with Crippen LogP contribution in [0.2, 0.25) is 0 Å². The number of aromatic nitrogens is 1. The molecule has 2 aromatic carbocycles. The van der Waals surface area contributed by atoms with Crippen molar-refractivity contribution in [3.63, 3.8) is 0 Å². The van der Waals surface area contributed by atoms with Crippen LogP contribution in [-0.4, -0.2) is 6.71 Å². The summed E-state index contributed by atoms with van der Waals surface area (Å²) in [7, 11) is 0. The van der Waals surface area contributed by atoms with Gasteiger partial charge in [0.05, 0.1) is 12.6 Å². The monoisotopic (exact) mass is 407 g/mol. The summed E-state index contributed by atoms with van der Waals surface area (Å²) in [6.07, 6.45) is 7.02. The lowest BCUT2D eigenvalue weighted by Gasteiger charge is -2.41. The van der Waals surface area contributed by atoms with Crippen LogP contribution in [0.3, 0.4) is 0 Å². The summed E-state index contributed by atoms with van der Waals surface area (Å²) in [5.41, 5.74) is 8.49. The van der Waals surface area contributed by atoms with E-state index in [0.29, 0.717) is 6.71 Å². The molecular weight excluding hydrogens is 375 g/mol. The molecule has 3 aromatic rings. The van der Waals surface area contributed by atoms with Crippen molar-refractivity contribution >= 4 is 29.1 Å². The largest absolute Gasteiger partial charge is 0.286 e. The molecule has 0 bridgehead atoms. The highest BCUT2D eigenvalue weighted by molar-refractivity contribution is 6.91. The summed E-state index contributed by atoms with van der Waals surface area (Å²) < 4.78 is 2.52. The van der Waals surface area contributed by atoms with Gasteiger partial charge in [0.15, 0.2) is 0 Å². The van der Waals surface area contributed by atoms with E-state index in [9.17, 15) is 0 Å². The van der Waals surface area contributed by atoms with Crippen LogP contribution >= 0.6 is 0 Å². The third-order valence-corrected chi connectivity index (χ3v) is 7.29. The van der Waals surface area contributed by atoms with Crippen molar-refractivity contribution in [3.05, 3.63) is 89.7 Å². The Labute approximate surface area is 187 Å². The summed E-state index contributed by atoms with van der Waals surface area (Å²) in [4.78, 5) is 2.51. The van der Waals surface area contributed by atoms with Crippen LogP contribution in [0, 0.1) is 13.8 Å². The maximum absolute atomic E-state index is 2.55. The Balaban J connectivity index is 1.73. The Morgan fingerprint density at radius 3 is 2.48 bits per heavy atom. The van der Waals surface area contributed by atoms with Gasteiger partial charge in [-0.2, -0.15) is 4.90 Å². The molecular formula is C28H32BN2+. The zero-order valence-electron chi connectivity index (χ0n) is 19.2. The van der Waals surface area contributed by atoms with Crippen molar-refractivity contribution in [1.82, 2.24) is 0 Å². The van der Waals surface area contributed by atoms with Crippen LogP contribution in [0.5, 0.6) is 0 Å². The van der Waals surface area contributed by atoms with Gasteiger partial charge in [0, 0.05) is 6.07 Å². The molecule has 0 saturated carbocycles. The van der Waals surface area contributed by atoms with Gasteiger partial charge in [0.25, 0.3) is 5.82 Å². The molecule has 5 rings (SSSR count). The Bertz CT molecular complexity index is 1140. The van der Waals surface area contributed by atoms with Crippen LogP contribution in [0.15, 0.2) is 78.5 Å². The second kappa shape index (κ2) is 7.71. The van der Waals surface area contributed by atoms with Gasteiger partial charge in [0.2, 0.25) is 6.71 Å². The normalized spacial score (nSPS) is 19.4. The lowest BCUT2D eigenvalue weighted by molar-refractivity contribution is -0.753. The molecule has 0 aliphatic carbocycles. The number of allylic oxidation sites excluding steroid dienone is 1. The smallest absolute Gasteiger partial charge is 0.228 e. The number of para-hydroxylation sites is 1. The molecule has 156 valence electrons. The highest BCUT2D eigenvalue weighted by Gasteiger charge is 2.47. The van der Waals surface area contributed by atoms with Crippen molar-refractivity contribution < 1.29 is 4.57 Å². The average Bonchev–Trinajstić information content (AvgIpc) is 2.77. The van der Waals surface area contributed by atoms with E-state index >= 15 is 0 Å². The number of unbranched alkanes of at least 4 members (excludes halogenated alkanes) is 1. The number of anilines is 2. The number of fused-ring (bicyclic) bond motifs is 5. The Morgan fingerprint density at radius 2 is 1.71 bits per heavy atom. The minimum Gasteiger partial charge on any atom is -0.228 e. The molecule has 2 aliphatic heterocycles. The highest BCUT2D eigenvalue weighted by Crippen LogP contribution is 2.41. The van der Waals surface area contributed by atoms with Crippen molar-refractivity contribution in [1.29, 1.82) is 0 Å². The molecule has 2 aliphatic rings. The fraction of sp³-hybridized carbons (Fsp3) is 0.321. The summed E-state index contributed by atoms with van der Waals surface area (Å²) in [5, 5.41) is 0. The van der Waals surface area contributed by atoms with Crippen LogP contribution in [-0.2, 0) is 5.54 Å². The zero-order chi connectivity index (χ0) is 21.6. The minimum atomic E-state index is 0.104. The molecule has 0 amide bonds. The first kappa shape index (κ1) is 20.1. The summed E-state index contributed by atoms with van der Waals surface area (Å²) in [6, 6.07) is 22.3. The number of hydrogen-bond donors (Lipinski definition) is 0. The lowest BCUT2D eigenvalue weighted by Crippen LogP contribution is -2.62. The van der Waals surface area contributed by atoms with E-state index in [2.05, 4.69) is 110 Å². The molecule has 0 spiro atoms. The van der Waals surface area contributed by atoms with Gasteiger partial charge in [0.1, 0.15) is 16.9 Å². The molecule has 2 nitrogen and oxygen atoms in total. The fourth-order valence-corrected chi connectivity index (χ4v) is 5.75. The van der Waals surface area contributed by atoms with Gasteiger partial charge in [-0.05, 0) is 51.2 Å². The van der Waals surface area contributed by atoms with E-state index < -0.39 is 0 Å². The number of pyridine rings is 1. The van der Waals surface area contributed by atoms with E-state index in [1.165, 1.54) is 58.5 Å². The molecule has 3 heterocycles. The fourth-order valence-electron chi connectivity index (χ4n) is 5.75. The molecule has 1 atom stereocenters. The number of rotatable bonds is 4. The van der Waals surface area contributed by atoms with E-state index in [4.69, 9.17) is 0 Å².